The first kappa shape index (κ1) is 11.8. The molecule has 1 atom stereocenters. The molecule has 0 aliphatic heterocycles. The van der Waals surface area contributed by atoms with Crippen molar-refractivity contribution in [2.45, 2.75) is 19.9 Å². The van der Waals surface area contributed by atoms with Crippen LogP contribution in [0.2, 0.25) is 0 Å². The molecule has 0 fully saturated rings. The summed E-state index contributed by atoms with van der Waals surface area (Å²) in [5, 5.41) is 3.44. The quantitative estimate of drug-likeness (QED) is 0.871. The maximum atomic E-state index is 4.41. The number of aromatic nitrogens is 3. The molecule has 1 N–H and O–H groups in total. The molecule has 0 aliphatic rings. The van der Waals surface area contributed by atoms with Crippen molar-refractivity contribution in [2.24, 2.45) is 7.05 Å². The molecular formula is C13H18N4. The minimum Gasteiger partial charge on any atom is -0.336 e. The summed E-state index contributed by atoms with van der Waals surface area (Å²) in [7, 11) is 2.01. The molecule has 2 aromatic heterocycles. The minimum atomic E-state index is 0.105. The molecule has 0 amide bonds. The lowest BCUT2D eigenvalue weighted by Gasteiger charge is -2.17. The fraction of sp³-hybridized carbons (Fsp3) is 0.385. The van der Waals surface area contributed by atoms with Gasteiger partial charge in [-0.15, -0.1) is 0 Å². The maximum Gasteiger partial charge on any atom is 0.130 e. The van der Waals surface area contributed by atoms with E-state index in [0.29, 0.717) is 0 Å². The molecule has 2 heterocycles. The zero-order valence-electron chi connectivity index (χ0n) is 10.5. The summed E-state index contributed by atoms with van der Waals surface area (Å²) in [5.74, 6) is 1.01. The third kappa shape index (κ3) is 2.53. The van der Waals surface area contributed by atoms with Crippen molar-refractivity contribution in [1.82, 2.24) is 19.9 Å². The van der Waals surface area contributed by atoms with Gasteiger partial charge in [-0.2, -0.15) is 0 Å². The van der Waals surface area contributed by atoms with E-state index in [2.05, 4.69) is 28.3 Å². The van der Waals surface area contributed by atoms with Crippen LogP contribution in [-0.2, 0) is 7.05 Å². The van der Waals surface area contributed by atoms with Crippen LogP contribution in [0.1, 0.15) is 30.0 Å². The number of hydrogen-bond acceptors (Lipinski definition) is 3. The summed E-state index contributed by atoms with van der Waals surface area (Å²) in [6, 6.07) is 4.24. The van der Waals surface area contributed by atoms with Crippen LogP contribution in [0.5, 0.6) is 0 Å². The zero-order valence-corrected chi connectivity index (χ0v) is 10.5. The van der Waals surface area contributed by atoms with E-state index in [1.165, 1.54) is 0 Å². The Hall–Kier alpha value is -1.68. The monoisotopic (exact) mass is 230 g/mol. The summed E-state index contributed by atoms with van der Waals surface area (Å²) in [6.45, 7) is 4.98. The predicted octanol–water partition coefficient (Wildman–Crippen LogP) is 1.82. The molecule has 0 spiro atoms. The van der Waals surface area contributed by atoms with Gasteiger partial charge in [-0.05, 0) is 25.1 Å². The van der Waals surface area contributed by atoms with Gasteiger partial charge in [-0.1, -0.05) is 13.0 Å². The molecule has 2 rings (SSSR count). The molecule has 90 valence electrons. The molecule has 0 saturated heterocycles. The van der Waals surface area contributed by atoms with E-state index < -0.39 is 0 Å². The van der Waals surface area contributed by atoms with Gasteiger partial charge in [0, 0.05) is 31.3 Å². The van der Waals surface area contributed by atoms with Gasteiger partial charge in [0.05, 0.1) is 6.04 Å². The Morgan fingerprint density at radius 1 is 1.35 bits per heavy atom. The number of hydrogen-bond donors (Lipinski definition) is 1. The molecule has 17 heavy (non-hydrogen) atoms. The minimum absolute atomic E-state index is 0.105. The molecule has 0 saturated carbocycles. The largest absolute Gasteiger partial charge is 0.336 e. The third-order valence-electron chi connectivity index (χ3n) is 2.79. The average Bonchev–Trinajstić information content (AvgIpc) is 2.74. The van der Waals surface area contributed by atoms with Crippen LogP contribution in [0.4, 0.5) is 0 Å². The fourth-order valence-corrected chi connectivity index (χ4v) is 1.87. The van der Waals surface area contributed by atoms with Crippen LogP contribution in [0.3, 0.4) is 0 Å². The molecule has 1 unspecified atom stereocenters. The van der Waals surface area contributed by atoms with Crippen molar-refractivity contribution in [3.63, 3.8) is 0 Å². The van der Waals surface area contributed by atoms with Crippen LogP contribution in [-0.4, -0.2) is 21.1 Å². The Labute approximate surface area is 102 Å². The lowest BCUT2D eigenvalue weighted by atomic mass is 10.1. The Morgan fingerprint density at radius 2 is 2.18 bits per heavy atom. The first-order valence-electron chi connectivity index (χ1n) is 5.85. The van der Waals surface area contributed by atoms with Gasteiger partial charge in [0.15, 0.2) is 0 Å². The van der Waals surface area contributed by atoms with Gasteiger partial charge < -0.3 is 9.88 Å². The number of rotatable bonds is 4. The van der Waals surface area contributed by atoms with E-state index in [1.54, 1.807) is 0 Å². The summed E-state index contributed by atoms with van der Waals surface area (Å²) < 4.78 is 2.03. The van der Waals surface area contributed by atoms with E-state index in [-0.39, 0.29) is 6.04 Å². The van der Waals surface area contributed by atoms with Crippen LogP contribution in [0.25, 0.3) is 0 Å². The first-order chi connectivity index (χ1) is 8.22. The number of nitrogens with zero attached hydrogens (tertiary/aromatic N) is 3. The van der Waals surface area contributed by atoms with Crippen LogP contribution >= 0.6 is 0 Å². The lowest BCUT2D eigenvalue weighted by Crippen LogP contribution is -2.24. The van der Waals surface area contributed by atoms with Gasteiger partial charge in [-0.3, -0.25) is 4.98 Å². The van der Waals surface area contributed by atoms with E-state index in [0.717, 1.165) is 23.6 Å². The first-order valence-corrected chi connectivity index (χ1v) is 5.85. The predicted molar refractivity (Wildman–Crippen MR) is 67.7 cm³/mol. The Bertz CT molecular complexity index is 472. The standard InChI is InChI=1S/C13H18N4/c1-4-14-12(13-15-7-8-17(13)3)11-6-5-10(2)16-9-11/h5-9,12,14H,4H2,1-3H3. The summed E-state index contributed by atoms with van der Waals surface area (Å²) >= 11 is 0. The normalized spacial score (nSPS) is 12.6. The summed E-state index contributed by atoms with van der Waals surface area (Å²) in [4.78, 5) is 8.75. The molecule has 4 nitrogen and oxygen atoms in total. The van der Waals surface area contributed by atoms with Gasteiger partial charge in [0.25, 0.3) is 0 Å². The van der Waals surface area contributed by atoms with Crippen LogP contribution in [0.15, 0.2) is 30.7 Å². The van der Waals surface area contributed by atoms with Crippen molar-refractivity contribution < 1.29 is 0 Å². The lowest BCUT2D eigenvalue weighted by molar-refractivity contribution is 0.575. The van der Waals surface area contributed by atoms with Crippen LogP contribution in [0, 0.1) is 6.92 Å². The Balaban J connectivity index is 2.35. The van der Waals surface area contributed by atoms with Gasteiger partial charge in [-0.25, -0.2) is 4.98 Å². The molecule has 0 radical (unpaired) electrons. The molecular weight excluding hydrogens is 212 g/mol. The van der Waals surface area contributed by atoms with Gasteiger partial charge >= 0.3 is 0 Å². The highest BCUT2D eigenvalue weighted by molar-refractivity contribution is 5.23. The topological polar surface area (TPSA) is 42.7 Å². The van der Waals surface area contributed by atoms with E-state index >= 15 is 0 Å². The smallest absolute Gasteiger partial charge is 0.130 e. The second-order valence-corrected chi connectivity index (χ2v) is 4.12. The highest BCUT2D eigenvalue weighted by Gasteiger charge is 2.16. The van der Waals surface area contributed by atoms with E-state index in [9.17, 15) is 0 Å². The molecule has 0 bridgehead atoms. The van der Waals surface area contributed by atoms with E-state index in [4.69, 9.17) is 0 Å². The molecule has 0 aliphatic carbocycles. The second-order valence-electron chi connectivity index (χ2n) is 4.12. The van der Waals surface area contributed by atoms with Gasteiger partial charge in [0.2, 0.25) is 0 Å². The van der Waals surface area contributed by atoms with E-state index in [1.807, 2.05) is 43.2 Å². The Morgan fingerprint density at radius 3 is 2.71 bits per heavy atom. The maximum absolute atomic E-state index is 4.41. The summed E-state index contributed by atoms with van der Waals surface area (Å²) in [6.07, 6.45) is 5.69. The van der Waals surface area contributed by atoms with Crippen molar-refractivity contribution in [1.29, 1.82) is 0 Å². The number of imidazole rings is 1. The van der Waals surface area contributed by atoms with Crippen molar-refractivity contribution >= 4 is 0 Å². The fourth-order valence-electron chi connectivity index (χ4n) is 1.87. The number of nitrogens with one attached hydrogen (secondary N) is 1. The number of aryl methyl sites for hydroxylation is 2. The Kier molecular flexibility index (Phi) is 3.54. The molecule has 4 heteroatoms. The molecule has 2 aromatic rings. The molecule has 0 aromatic carbocycles. The third-order valence-corrected chi connectivity index (χ3v) is 2.79. The SMILES string of the molecule is CCNC(c1ccc(C)nc1)c1nccn1C. The van der Waals surface area contributed by atoms with Gasteiger partial charge in [0.1, 0.15) is 5.82 Å². The second kappa shape index (κ2) is 5.10. The highest BCUT2D eigenvalue weighted by Crippen LogP contribution is 2.19. The van der Waals surface area contributed by atoms with Crippen LogP contribution < -0.4 is 5.32 Å². The zero-order chi connectivity index (χ0) is 12.3. The van der Waals surface area contributed by atoms with Crippen molar-refractivity contribution in [2.75, 3.05) is 6.54 Å². The average molecular weight is 230 g/mol. The number of pyridine rings is 1. The summed E-state index contributed by atoms with van der Waals surface area (Å²) in [5.41, 5.74) is 2.18. The highest BCUT2D eigenvalue weighted by atomic mass is 15.1. The van der Waals surface area contributed by atoms with Crippen molar-refractivity contribution in [3.05, 3.63) is 47.8 Å². The van der Waals surface area contributed by atoms with Crippen molar-refractivity contribution in [3.8, 4) is 0 Å².